The molecule has 0 N–H and O–H groups in total. The molecule has 6 rings (SSSR count). The van der Waals surface area contributed by atoms with Crippen LogP contribution in [0.4, 0.5) is 0 Å². The fraction of sp³-hybridized carbons (Fsp3) is 0.0370. The molecule has 0 fully saturated rings. The third-order valence-corrected chi connectivity index (χ3v) is 8.24. The van der Waals surface area contributed by atoms with Gasteiger partial charge in [-0.25, -0.2) is 0 Å². The number of hydrogen-bond acceptors (Lipinski definition) is 4. The molecule has 1 aliphatic heterocycles. The van der Waals surface area contributed by atoms with Gasteiger partial charge in [0.15, 0.2) is 0 Å². The number of methoxy groups -OCH3 is 1. The summed E-state index contributed by atoms with van der Waals surface area (Å²) in [6.45, 7) is 0. The Bertz CT molecular complexity index is 1400. The number of hydrogen-bond donors (Lipinski definition) is 0. The van der Waals surface area contributed by atoms with Gasteiger partial charge in [0, 0.05) is 0 Å². The molecule has 157 valence electrons. The molecule has 1 aliphatic rings. The second kappa shape index (κ2) is 7.32. The van der Waals surface area contributed by atoms with Gasteiger partial charge < -0.3 is 18.0 Å². The van der Waals surface area contributed by atoms with Gasteiger partial charge in [-0.05, 0) is 35.0 Å². The summed E-state index contributed by atoms with van der Waals surface area (Å²) in [5.74, 6) is 2.95. The lowest BCUT2D eigenvalue weighted by molar-refractivity contribution is 0.276. The van der Waals surface area contributed by atoms with E-state index >= 15 is 0 Å². The molecule has 0 saturated heterocycles. The highest BCUT2D eigenvalue weighted by atomic mass is 28.4. The summed E-state index contributed by atoms with van der Waals surface area (Å²) in [6, 6.07) is 33.9. The van der Waals surface area contributed by atoms with E-state index < -0.39 is 8.80 Å². The third-order valence-electron chi connectivity index (χ3n) is 5.74. The molecule has 5 aromatic rings. The fourth-order valence-electron chi connectivity index (χ4n) is 4.29. The third kappa shape index (κ3) is 2.90. The van der Waals surface area contributed by atoms with Gasteiger partial charge in [-0.15, -0.1) is 0 Å². The van der Waals surface area contributed by atoms with Crippen molar-refractivity contribution in [2.45, 2.75) is 0 Å². The van der Waals surface area contributed by atoms with Gasteiger partial charge in [-0.3, -0.25) is 0 Å². The van der Waals surface area contributed by atoms with E-state index in [1.807, 2.05) is 91.0 Å². The predicted molar refractivity (Wildman–Crippen MR) is 128 cm³/mol. The maximum Gasteiger partial charge on any atom is 0.509 e. The van der Waals surface area contributed by atoms with Gasteiger partial charge >= 0.3 is 8.80 Å². The van der Waals surface area contributed by atoms with E-state index in [1.165, 1.54) is 0 Å². The molecule has 5 aromatic carbocycles. The minimum absolute atomic E-state index is 0.669. The van der Waals surface area contributed by atoms with Gasteiger partial charge in [0.2, 0.25) is 0 Å². The summed E-state index contributed by atoms with van der Waals surface area (Å²) in [5.41, 5.74) is 0. The summed E-state index contributed by atoms with van der Waals surface area (Å²) in [5, 5.41) is 4.84. The number of benzene rings is 5. The predicted octanol–water partition coefficient (Wildman–Crippen LogP) is 5.70. The minimum Gasteiger partial charge on any atom is -0.630 e. The Morgan fingerprint density at radius 2 is 1.12 bits per heavy atom. The molecular weight excluding hydrogens is 416 g/mol. The van der Waals surface area contributed by atoms with Crippen LogP contribution in [0.15, 0.2) is 103 Å². The van der Waals surface area contributed by atoms with Crippen LogP contribution in [0.1, 0.15) is 0 Å². The summed E-state index contributed by atoms with van der Waals surface area (Å²) < 4.78 is 25.8. The molecule has 0 aromatic heterocycles. The lowest BCUT2D eigenvalue weighted by Crippen LogP contribution is -2.65. The van der Waals surface area contributed by atoms with Crippen LogP contribution < -0.4 is 23.2 Å². The molecule has 0 aliphatic carbocycles. The summed E-state index contributed by atoms with van der Waals surface area (Å²) in [4.78, 5) is 0. The van der Waals surface area contributed by atoms with E-state index in [2.05, 4.69) is 12.1 Å². The second-order valence-electron chi connectivity index (χ2n) is 7.65. The first-order valence-electron chi connectivity index (χ1n) is 10.5. The molecule has 5 heteroatoms. The van der Waals surface area contributed by atoms with Gasteiger partial charge in [0.1, 0.15) is 5.75 Å². The molecule has 0 atom stereocenters. The number of fused-ring (bicyclic) bond motifs is 1. The molecule has 0 radical (unpaired) electrons. The first-order valence-corrected chi connectivity index (χ1v) is 12.2. The summed E-state index contributed by atoms with van der Waals surface area (Å²) in [6.07, 6.45) is 0. The van der Waals surface area contributed by atoms with Gasteiger partial charge in [0.25, 0.3) is 0 Å². The fourth-order valence-corrected chi connectivity index (χ4v) is 6.75. The Hall–Kier alpha value is -3.96. The zero-order valence-electron chi connectivity index (χ0n) is 17.4. The Labute approximate surface area is 186 Å². The SMILES string of the molecule is COc1cccc2cccc(O[Si-]3(c4ccccc4)Oc4cccc5cccc(c45)O3)c12. The normalized spacial score (nSPS) is 13.9. The lowest BCUT2D eigenvalue weighted by atomic mass is 10.1. The van der Waals surface area contributed by atoms with E-state index in [0.717, 1.165) is 44.0 Å². The van der Waals surface area contributed by atoms with Crippen LogP contribution in [0.3, 0.4) is 0 Å². The average Bonchev–Trinajstić information content (AvgIpc) is 2.85. The van der Waals surface area contributed by atoms with Crippen molar-refractivity contribution in [3.63, 3.8) is 0 Å². The van der Waals surface area contributed by atoms with Crippen LogP contribution in [0.25, 0.3) is 21.5 Å². The van der Waals surface area contributed by atoms with Crippen molar-refractivity contribution in [3.8, 4) is 23.0 Å². The van der Waals surface area contributed by atoms with Gasteiger partial charge in [-0.1, -0.05) is 84.0 Å². The van der Waals surface area contributed by atoms with Crippen LogP contribution in [0.2, 0.25) is 0 Å². The van der Waals surface area contributed by atoms with E-state index in [0.29, 0.717) is 5.75 Å². The van der Waals surface area contributed by atoms with Crippen LogP contribution >= 0.6 is 0 Å². The monoisotopic (exact) mass is 436 g/mol. The Balaban J connectivity index is 1.57. The molecule has 32 heavy (non-hydrogen) atoms. The van der Waals surface area contributed by atoms with E-state index in [4.69, 9.17) is 18.0 Å². The molecular formula is C27H20O4Si-. The van der Waals surface area contributed by atoms with Crippen molar-refractivity contribution in [2.24, 2.45) is 0 Å². The van der Waals surface area contributed by atoms with Crippen molar-refractivity contribution >= 4 is 35.5 Å². The van der Waals surface area contributed by atoms with Crippen LogP contribution in [-0.4, -0.2) is 15.9 Å². The van der Waals surface area contributed by atoms with E-state index in [1.54, 1.807) is 7.11 Å². The second-order valence-corrected chi connectivity index (χ2v) is 9.96. The van der Waals surface area contributed by atoms with Gasteiger partial charge in [-0.2, -0.15) is 0 Å². The first kappa shape index (κ1) is 18.8. The number of ether oxygens (including phenoxy) is 1. The van der Waals surface area contributed by atoms with Crippen LogP contribution in [-0.2, 0) is 0 Å². The van der Waals surface area contributed by atoms with Gasteiger partial charge in [0.05, 0.1) is 35.1 Å². The quantitative estimate of drug-likeness (QED) is 0.339. The van der Waals surface area contributed by atoms with E-state index in [-0.39, 0.29) is 0 Å². The highest BCUT2D eigenvalue weighted by Gasteiger charge is 2.40. The molecule has 0 amide bonds. The Kier molecular flexibility index (Phi) is 4.30. The van der Waals surface area contributed by atoms with Crippen LogP contribution in [0.5, 0.6) is 23.0 Å². The maximum atomic E-state index is 6.79. The highest BCUT2D eigenvalue weighted by molar-refractivity contribution is 6.78. The zero-order valence-corrected chi connectivity index (χ0v) is 18.4. The molecule has 0 spiro atoms. The highest BCUT2D eigenvalue weighted by Crippen LogP contribution is 2.42. The molecule has 0 unspecified atom stereocenters. The Morgan fingerprint density at radius 3 is 1.75 bits per heavy atom. The van der Waals surface area contributed by atoms with E-state index in [9.17, 15) is 0 Å². The molecule has 0 saturated carbocycles. The summed E-state index contributed by atoms with van der Waals surface area (Å²) >= 11 is 0. The van der Waals surface area contributed by atoms with Crippen molar-refractivity contribution in [1.29, 1.82) is 0 Å². The lowest BCUT2D eigenvalue weighted by Gasteiger charge is -2.47. The smallest absolute Gasteiger partial charge is 0.509 e. The topological polar surface area (TPSA) is 36.9 Å². The average molecular weight is 437 g/mol. The van der Waals surface area contributed by atoms with Crippen molar-refractivity contribution in [2.75, 3.05) is 7.11 Å². The maximum absolute atomic E-state index is 6.79. The first-order chi connectivity index (χ1) is 15.8. The molecule has 1 heterocycles. The zero-order chi connectivity index (χ0) is 21.5. The molecule has 0 bridgehead atoms. The largest absolute Gasteiger partial charge is 0.630 e. The standard InChI is InChI=1S/C27H20O4Si/c1-28-22-15-5-9-19-10-6-16-23(26(19)22)29-32(21-13-3-2-4-14-21)30-24-17-7-11-20-12-8-18-25(31-32)27(20)24/h2-18H,1H3/q-1. The van der Waals surface area contributed by atoms with Crippen LogP contribution in [0, 0.1) is 0 Å². The Morgan fingerprint density at radius 1 is 0.562 bits per heavy atom. The number of rotatable bonds is 4. The molecule has 4 nitrogen and oxygen atoms in total. The minimum atomic E-state index is -3.43. The summed E-state index contributed by atoms with van der Waals surface area (Å²) in [7, 11) is -1.77. The van der Waals surface area contributed by atoms with Crippen molar-refractivity contribution in [3.05, 3.63) is 103 Å². The van der Waals surface area contributed by atoms with Crippen molar-refractivity contribution in [1.82, 2.24) is 0 Å². The van der Waals surface area contributed by atoms with Crippen molar-refractivity contribution < 1.29 is 18.0 Å².